The van der Waals surface area contributed by atoms with Gasteiger partial charge in [-0.3, -0.25) is 0 Å². The first kappa shape index (κ1) is 6.91. The smallest absolute Gasteiger partial charge is 0.221 e. The average molecular weight is 157 g/mol. The summed E-state index contributed by atoms with van der Waals surface area (Å²) in [4.78, 5) is 3.99. The van der Waals surface area contributed by atoms with Crippen molar-refractivity contribution in [3.05, 3.63) is 42.1 Å². The molecule has 2 rings (SSSR count). The van der Waals surface area contributed by atoms with Crippen LogP contribution in [0.4, 0.5) is 0 Å². The van der Waals surface area contributed by atoms with Crippen LogP contribution in [0, 0.1) is 6.20 Å². The SMILES string of the molecule is NC1=NC(c2ccccc2)=[C][N]1. The molecule has 0 unspecified atom stereocenters. The van der Waals surface area contributed by atoms with Crippen LogP contribution in [0.25, 0.3) is 5.70 Å². The van der Waals surface area contributed by atoms with Crippen LogP contribution in [0.5, 0.6) is 0 Å². The second kappa shape index (κ2) is 2.70. The third kappa shape index (κ3) is 1.16. The molecule has 0 amide bonds. The van der Waals surface area contributed by atoms with Crippen LogP contribution >= 0.6 is 0 Å². The number of hydrogen-bond donors (Lipinski definition) is 1. The van der Waals surface area contributed by atoms with Crippen molar-refractivity contribution in [2.45, 2.75) is 0 Å². The summed E-state index contributed by atoms with van der Waals surface area (Å²) < 4.78 is 0. The topological polar surface area (TPSA) is 52.5 Å². The maximum Gasteiger partial charge on any atom is 0.221 e. The van der Waals surface area contributed by atoms with Gasteiger partial charge in [0.2, 0.25) is 5.96 Å². The molecule has 0 spiro atoms. The van der Waals surface area contributed by atoms with E-state index in [1.807, 2.05) is 30.3 Å². The third-order valence-electron chi connectivity index (χ3n) is 1.55. The van der Waals surface area contributed by atoms with Gasteiger partial charge in [0.25, 0.3) is 0 Å². The Bertz CT molecular complexity index is 338. The van der Waals surface area contributed by atoms with E-state index in [0.717, 1.165) is 5.56 Å². The van der Waals surface area contributed by atoms with Crippen molar-refractivity contribution in [2.24, 2.45) is 10.7 Å². The summed E-state index contributed by atoms with van der Waals surface area (Å²) in [7, 11) is 0. The first-order chi connectivity index (χ1) is 5.86. The minimum Gasteiger partial charge on any atom is -0.368 e. The molecule has 1 aromatic rings. The van der Waals surface area contributed by atoms with E-state index < -0.39 is 0 Å². The molecule has 1 aromatic carbocycles. The Kier molecular flexibility index (Phi) is 1.55. The van der Waals surface area contributed by atoms with Gasteiger partial charge >= 0.3 is 0 Å². The van der Waals surface area contributed by atoms with Crippen LogP contribution in [0.1, 0.15) is 5.56 Å². The Morgan fingerprint density at radius 1 is 1.17 bits per heavy atom. The highest BCUT2D eigenvalue weighted by Gasteiger charge is 2.07. The maximum absolute atomic E-state index is 5.36. The van der Waals surface area contributed by atoms with E-state index in [1.165, 1.54) is 0 Å². The lowest BCUT2D eigenvalue weighted by Gasteiger charge is -1.94. The monoisotopic (exact) mass is 157 g/mol. The Hall–Kier alpha value is -1.77. The number of nitrogens with zero attached hydrogens (tertiary/aromatic N) is 2. The van der Waals surface area contributed by atoms with Gasteiger partial charge in [0.05, 0.1) is 0 Å². The molecule has 3 heteroatoms. The van der Waals surface area contributed by atoms with E-state index in [9.17, 15) is 0 Å². The highest BCUT2D eigenvalue weighted by molar-refractivity contribution is 5.89. The predicted octanol–water partition coefficient (Wildman–Crippen LogP) is 0.721. The first-order valence-electron chi connectivity index (χ1n) is 3.59. The van der Waals surface area contributed by atoms with Gasteiger partial charge in [-0.05, 0) is 0 Å². The van der Waals surface area contributed by atoms with Gasteiger partial charge < -0.3 is 5.73 Å². The van der Waals surface area contributed by atoms with Crippen molar-refractivity contribution in [3.63, 3.8) is 0 Å². The van der Waals surface area contributed by atoms with Crippen molar-refractivity contribution in [1.82, 2.24) is 5.32 Å². The van der Waals surface area contributed by atoms with Crippen LogP contribution in [-0.4, -0.2) is 5.96 Å². The zero-order valence-corrected chi connectivity index (χ0v) is 6.36. The number of aliphatic imine (C=N–C) groups is 1. The highest BCUT2D eigenvalue weighted by atomic mass is 15.1. The summed E-state index contributed by atoms with van der Waals surface area (Å²) in [5.41, 5.74) is 7.05. The lowest BCUT2D eigenvalue weighted by molar-refractivity contribution is 1.22. The molecular formula is C9H7N3. The molecule has 1 aliphatic heterocycles. The summed E-state index contributed by atoms with van der Waals surface area (Å²) in [5, 5.41) is 3.73. The van der Waals surface area contributed by atoms with Crippen molar-refractivity contribution in [2.75, 3.05) is 0 Å². The van der Waals surface area contributed by atoms with E-state index in [4.69, 9.17) is 5.73 Å². The Labute approximate surface area is 70.6 Å². The van der Waals surface area contributed by atoms with Crippen molar-refractivity contribution >= 4 is 11.7 Å². The second-order valence-electron chi connectivity index (χ2n) is 2.41. The zero-order chi connectivity index (χ0) is 8.39. The molecule has 0 atom stereocenters. The van der Waals surface area contributed by atoms with Gasteiger partial charge in [-0.2, -0.15) is 0 Å². The Morgan fingerprint density at radius 3 is 2.50 bits per heavy atom. The van der Waals surface area contributed by atoms with Gasteiger partial charge in [-0.25, -0.2) is 10.3 Å². The standard InChI is InChI=1S/C9H7N3/c10-9-11-6-8(12-9)7-4-2-1-3-5-7/h1-5H,(H2,10,12). The first-order valence-corrected chi connectivity index (χ1v) is 3.59. The van der Waals surface area contributed by atoms with Crippen molar-refractivity contribution in [1.29, 1.82) is 0 Å². The molecule has 58 valence electrons. The summed E-state index contributed by atoms with van der Waals surface area (Å²) in [6, 6.07) is 9.71. The van der Waals surface area contributed by atoms with Crippen molar-refractivity contribution < 1.29 is 0 Å². The molecule has 0 saturated heterocycles. The van der Waals surface area contributed by atoms with E-state index in [1.54, 1.807) is 0 Å². The second-order valence-corrected chi connectivity index (χ2v) is 2.41. The molecule has 0 aliphatic carbocycles. The molecule has 1 aliphatic rings. The van der Waals surface area contributed by atoms with E-state index in [2.05, 4.69) is 16.5 Å². The van der Waals surface area contributed by atoms with Crippen LogP contribution < -0.4 is 11.1 Å². The average Bonchev–Trinajstić information content (AvgIpc) is 2.54. The molecule has 1 heterocycles. The Balaban J connectivity index is 2.34. The van der Waals surface area contributed by atoms with E-state index in [0.29, 0.717) is 5.70 Å². The van der Waals surface area contributed by atoms with Crippen molar-refractivity contribution in [3.8, 4) is 0 Å². The van der Waals surface area contributed by atoms with E-state index in [-0.39, 0.29) is 5.96 Å². The summed E-state index contributed by atoms with van der Waals surface area (Å²) in [6.07, 6.45) is 2.74. The minimum absolute atomic E-state index is 0.272. The third-order valence-corrected chi connectivity index (χ3v) is 1.55. The minimum atomic E-state index is 0.272. The van der Waals surface area contributed by atoms with Gasteiger partial charge in [0.15, 0.2) is 0 Å². The fourth-order valence-corrected chi connectivity index (χ4v) is 1.000. The normalized spacial score (nSPS) is 15.0. The van der Waals surface area contributed by atoms with E-state index >= 15 is 0 Å². The molecule has 12 heavy (non-hydrogen) atoms. The number of nitrogens with two attached hydrogens (primary N) is 1. The zero-order valence-electron chi connectivity index (χ0n) is 6.36. The molecular weight excluding hydrogens is 150 g/mol. The molecule has 0 aromatic heterocycles. The predicted molar refractivity (Wildman–Crippen MR) is 46.8 cm³/mol. The number of hydrogen-bond acceptors (Lipinski definition) is 2. The van der Waals surface area contributed by atoms with Crippen LogP contribution in [0.15, 0.2) is 35.3 Å². The molecule has 2 radical (unpaired) electrons. The Morgan fingerprint density at radius 2 is 1.92 bits per heavy atom. The summed E-state index contributed by atoms with van der Waals surface area (Å²) >= 11 is 0. The molecule has 0 saturated carbocycles. The quantitative estimate of drug-likeness (QED) is 0.641. The molecule has 2 N–H and O–H groups in total. The summed E-state index contributed by atoms with van der Waals surface area (Å²) in [6.45, 7) is 0. The largest absolute Gasteiger partial charge is 0.368 e. The van der Waals surface area contributed by atoms with Crippen LogP contribution in [0.2, 0.25) is 0 Å². The molecule has 0 fully saturated rings. The fourth-order valence-electron chi connectivity index (χ4n) is 1.000. The maximum atomic E-state index is 5.36. The lowest BCUT2D eigenvalue weighted by Crippen LogP contribution is -2.17. The van der Waals surface area contributed by atoms with Gasteiger partial charge in [0.1, 0.15) is 11.9 Å². The highest BCUT2D eigenvalue weighted by Crippen LogP contribution is 2.16. The van der Waals surface area contributed by atoms with Gasteiger partial charge in [-0.15, -0.1) is 0 Å². The van der Waals surface area contributed by atoms with Crippen LogP contribution in [-0.2, 0) is 0 Å². The molecule has 0 bridgehead atoms. The lowest BCUT2D eigenvalue weighted by atomic mass is 10.2. The number of guanidine groups is 1. The van der Waals surface area contributed by atoms with Gasteiger partial charge in [0, 0.05) is 5.56 Å². The van der Waals surface area contributed by atoms with Gasteiger partial charge in [-0.1, -0.05) is 30.3 Å². The summed E-state index contributed by atoms with van der Waals surface area (Å²) in [5.74, 6) is 0.272. The number of rotatable bonds is 1. The molecule has 3 nitrogen and oxygen atoms in total. The number of benzene rings is 1. The van der Waals surface area contributed by atoms with Crippen LogP contribution in [0.3, 0.4) is 0 Å². The fraction of sp³-hybridized carbons (Fsp3) is 0.